The average Bonchev–Trinajstić information content (AvgIpc) is 1.98. The molecule has 0 aliphatic heterocycles. The van der Waals surface area contributed by atoms with Gasteiger partial charge in [0.1, 0.15) is 6.61 Å². The molecule has 0 fully saturated rings. The molecule has 0 saturated carbocycles. The van der Waals surface area contributed by atoms with E-state index < -0.39 is 8.03 Å². The fourth-order valence-electron chi connectivity index (χ4n) is 0.322. The number of nitrogens with zero attached hydrogens (tertiary/aromatic N) is 1. The molecule has 0 aliphatic carbocycles. The Kier molecular flexibility index (Phi) is 13.8. The normalized spacial score (nSPS) is 12.5. The van der Waals surface area contributed by atoms with Crippen LogP contribution in [0.5, 0.6) is 0 Å². The molecular weight excluding hydrogens is 176 g/mol. The first-order chi connectivity index (χ1) is 4.81. The summed E-state index contributed by atoms with van der Waals surface area (Å²) < 4.78 is 15.1. The Hall–Kier alpha value is 0.660. The molecule has 0 bridgehead atoms. The molecule has 0 saturated heterocycles. The van der Waals surface area contributed by atoms with Crippen molar-refractivity contribution in [3.63, 3.8) is 0 Å². The molecule has 4 nitrogen and oxygen atoms in total. The Balaban J connectivity index is 0. The van der Waals surface area contributed by atoms with Crippen LogP contribution in [-0.4, -0.2) is 55.7 Å². The van der Waals surface area contributed by atoms with E-state index in [2.05, 4.69) is 14.5 Å². The maximum atomic E-state index is 10.6. The summed E-state index contributed by atoms with van der Waals surface area (Å²) in [5, 5.41) is 3.50. The fraction of sp³-hybridized carbons (Fsp3) is 0.800. The van der Waals surface area contributed by atoms with Gasteiger partial charge >= 0.3 is 29.6 Å². The van der Waals surface area contributed by atoms with E-state index in [9.17, 15) is 4.57 Å². The van der Waals surface area contributed by atoms with Crippen LogP contribution in [0.15, 0.2) is 5.16 Å². The summed E-state index contributed by atoms with van der Waals surface area (Å²) in [4.78, 5) is 4.62. The van der Waals surface area contributed by atoms with Crippen LogP contribution in [0.25, 0.3) is 0 Å². The summed E-state index contributed by atoms with van der Waals surface area (Å²) in [5.41, 5.74) is 0. The first-order valence-electron chi connectivity index (χ1n) is 3.01. The van der Waals surface area contributed by atoms with Gasteiger partial charge in [-0.1, -0.05) is 5.16 Å². The maximum absolute atomic E-state index is 10.6. The third-order valence-corrected chi connectivity index (χ3v) is 1.74. The van der Waals surface area contributed by atoms with E-state index in [-0.39, 0.29) is 29.6 Å². The summed E-state index contributed by atoms with van der Waals surface area (Å²) in [7, 11) is -0.476. The minimum absolute atomic E-state index is 0. The van der Waals surface area contributed by atoms with Gasteiger partial charge < -0.3 is 9.36 Å². The molecule has 0 aromatic carbocycles. The number of hydrogen-bond acceptors (Lipinski definition) is 4. The Morgan fingerprint density at radius 3 is 2.73 bits per heavy atom. The fourth-order valence-corrected chi connectivity index (χ4v) is 0.713. The molecule has 0 rings (SSSR count). The van der Waals surface area contributed by atoms with Gasteiger partial charge in [0.2, 0.25) is 0 Å². The molecule has 1 atom stereocenters. The van der Waals surface area contributed by atoms with Crippen molar-refractivity contribution in [3.05, 3.63) is 0 Å². The molecule has 6 heteroatoms. The van der Waals surface area contributed by atoms with Gasteiger partial charge in [0, 0.05) is 7.11 Å². The van der Waals surface area contributed by atoms with Crippen molar-refractivity contribution >= 4 is 43.8 Å². The second kappa shape index (κ2) is 10.7. The van der Waals surface area contributed by atoms with Gasteiger partial charge in [-0.2, -0.15) is 0 Å². The van der Waals surface area contributed by atoms with Crippen molar-refractivity contribution in [1.29, 1.82) is 0 Å². The van der Waals surface area contributed by atoms with E-state index in [1.807, 2.05) is 6.92 Å². The van der Waals surface area contributed by atoms with E-state index in [1.54, 1.807) is 0 Å². The number of hydrogen-bond donors (Lipinski definition) is 0. The Morgan fingerprint density at radius 2 is 2.27 bits per heavy atom. The average molecular weight is 189 g/mol. The summed E-state index contributed by atoms with van der Waals surface area (Å²) >= 11 is 0. The Morgan fingerprint density at radius 1 is 1.64 bits per heavy atom. The van der Waals surface area contributed by atoms with Crippen LogP contribution < -0.4 is 0 Å². The third-order valence-electron chi connectivity index (χ3n) is 0.764. The molecule has 0 aromatic rings. The van der Waals surface area contributed by atoms with Crippen LogP contribution in [0.4, 0.5) is 0 Å². The number of rotatable bonds is 5. The topological polar surface area (TPSA) is 47.9 Å². The predicted molar refractivity (Wildman–Crippen MR) is 48.1 cm³/mol. The van der Waals surface area contributed by atoms with Crippen molar-refractivity contribution in [2.45, 2.75) is 6.92 Å². The van der Waals surface area contributed by atoms with Gasteiger partial charge in [-0.3, -0.25) is 4.57 Å². The van der Waals surface area contributed by atoms with E-state index in [0.717, 1.165) is 0 Å². The molecule has 62 valence electrons. The van der Waals surface area contributed by atoms with Gasteiger partial charge in [-0.15, -0.1) is 0 Å². The Labute approximate surface area is 89.5 Å². The van der Waals surface area contributed by atoms with Crippen LogP contribution in [0, 0.1) is 0 Å². The molecule has 0 aliphatic rings. The van der Waals surface area contributed by atoms with Crippen LogP contribution >= 0.6 is 8.03 Å². The van der Waals surface area contributed by atoms with Crippen LogP contribution in [0.2, 0.25) is 0 Å². The van der Waals surface area contributed by atoms with Crippen molar-refractivity contribution in [2.75, 3.05) is 19.9 Å². The van der Waals surface area contributed by atoms with Crippen molar-refractivity contribution < 1.29 is 13.9 Å². The van der Waals surface area contributed by atoms with E-state index in [4.69, 9.17) is 0 Å². The van der Waals surface area contributed by atoms with Gasteiger partial charge in [0.25, 0.3) is 0 Å². The van der Waals surface area contributed by atoms with Crippen LogP contribution in [0.1, 0.15) is 6.92 Å². The number of oxime groups is 1. The molecule has 1 unspecified atom stereocenters. The molecule has 0 amide bonds. The standard InChI is InChI=1S/C5H12NO3P.Na.H/c1-3-9-6-4-5-10(7)8-2;;/h4,10H,3,5H2,1-2H3;;. The van der Waals surface area contributed by atoms with Crippen LogP contribution in [0.3, 0.4) is 0 Å². The van der Waals surface area contributed by atoms with E-state index >= 15 is 0 Å². The van der Waals surface area contributed by atoms with Gasteiger partial charge in [-0.25, -0.2) is 0 Å². The second-order valence-corrected chi connectivity index (χ2v) is 3.05. The van der Waals surface area contributed by atoms with Crippen molar-refractivity contribution in [3.8, 4) is 0 Å². The zero-order chi connectivity index (χ0) is 7.82. The van der Waals surface area contributed by atoms with Crippen molar-refractivity contribution in [2.24, 2.45) is 5.16 Å². The summed E-state index contributed by atoms with van der Waals surface area (Å²) in [5.74, 6) is 0. The van der Waals surface area contributed by atoms with E-state index in [1.165, 1.54) is 13.3 Å². The first kappa shape index (κ1) is 14.2. The summed E-state index contributed by atoms with van der Waals surface area (Å²) in [6.45, 7) is 2.36. The van der Waals surface area contributed by atoms with E-state index in [0.29, 0.717) is 12.8 Å². The molecule has 0 heterocycles. The first-order valence-corrected chi connectivity index (χ1v) is 4.54. The predicted octanol–water partition coefficient (Wildman–Crippen LogP) is 0.481. The minimum atomic E-state index is -1.89. The zero-order valence-corrected chi connectivity index (χ0v) is 7.16. The molecule has 0 N–H and O–H groups in total. The second-order valence-electron chi connectivity index (χ2n) is 1.49. The zero-order valence-electron chi connectivity index (χ0n) is 6.16. The van der Waals surface area contributed by atoms with Gasteiger partial charge in [0.15, 0.2) is 8.03 Å². The van der Waals surface area contributed by atoms with Crippen LogP contribution in [-0.2, 0) is 13.9 Å². The Bertz CT molecular complexity index is 131. The molecule has 0 spiro atoms. The monoisotopic (exact) mass is 189 g/mol. The third kappa shape index (κ3) is 10.7. The van der Waals surface area contributed by atoms with Gasteiger partial charge in [-0.05, 0) is 6.92 Å². The van der Waals surface area contributed by atoms with Gasteiger partial charge in [0.05, 0.1) is 12.4 Å². The molecule has 0 radical (unpaired) electrons. The summed E-state index contributed by atoms with van der Waals surface area (Å²) in [6.07, 6.45) is 1.80. The molecular formula is C5H13NNaO3P. The molecule has 11 heavy (non-hydrogen) atoms. The summed E-state index contributed by atoms with van der Waals surface area (Å²) in [6, 6.07) is 0. The van der Waals surface area contributed by atoms with Crippen molar-refractivity contribution in [1.82, 2.24) is 0 Å². The molecule has 0 aromatic heterocycles. The SMILES string of the molecule is CCON=CC[PH](=O)OC.[NaH]. The quantitative estimate of drug-likeness (QED) is 0.273.